The highest BCUT2D eigenvalue weighted by molar-refractivity contribution is 5.97. The number of aromatic nitrogens is 4. The van der Waals surface area contributed by atoms with Crippen molar-refractivity contribution in [1.29, 1.82) is 0 Å². The van der Waals surface area contributed by atoms with Crippen molar-refractivity contribution >= 4 is 16.9 Å². The van der Waals surface area contributed by atoms with Crippen LogP contribution < -0.4 is 5.32 Å². The summed E-state index contributed by atoms with van der Waals surface area (Å²) in [5.74, 6) is 0.627. The number of hydrogen-bond donors (Lipinski definition) is 2. The van der Waals surface area contributed by atoms with Crippen LogP contribution in [0.5, 0.6) is 0 Å². The minimum Gasteiger partial charge on any atom is -0.345 e. The first-order valence-electron chi connectivity index (χ1n) is 8.39. The molecule has 1 unspecified atom stereocenters. The minimum atomic E-state index is -0.333. The van der Waals surface area contributed by atoms with E-state index in [1.165, 1.54) is 0 Å². The molecular weight excluding hydrogens is 326 g/mol. The van der Waals surface area contributed by atoms with Crippen LogP contribution in [0.4, 0.5) is 0 Å². The summed E-state index contributed by atoms with van der Waals surface area (Å²) in [7, 11) is 1.92. The summed E-state index contributed by atoms with van der Waals surface area (Å²) in [6, 6.07) is 13.2. The van der Waals surface area contributed by atoms with Gasteiger partial charge >= 0.3 is 0 Å². The van der Waals surface area contributed by atoms with Gasteiger partial charge in [0.05, 0.1) is 17.4 Å². The van der Waals surface area contributed by atoms with Gasteiger partial charge in [-0.3, -0.25) is 4.79 Å². The number of aryl methyl sites for hydroxylation is 2. The molecule has 0 aliphatic rings. The van der Waals surface area contributed by atoms with Crippen LogP contribution in [0, 0.1) is 6.92 Å². The van der Waals surface area contributed by atoms with E-state index < -0.39 is 0 Å². The van der Waals surface area contributed by atoms with E-state index in [1.807, 2.05) is 55.1 Å². The number of rotatable bonds is 4. The lowest BCUT2D eigenvalue weighted by Crippen LogP contribution is -2.31. The monoisotopic (exact) mass is 345 g/mol. The lowest BCUT2D eigenvalue weighted by atomic mass is 10.0. The molecule has 0 bridgehead atoms. The van der Waals surface area contributed by atoms with Gasteiger partial charge in [0.1, 0.15) is 11.9 Å². The number of hydrogen-bond acceptors (Lipinski definition) is 3. The quantitative estimate of drug-likeness (QED) is 0.597. The van der Waals surface area contributed by atoms with Gasteiger partial charge in [-0.15, -0.1) is 0 Å². The highest BCUT2D eigenvalue weighted by Gasteiger charge is 2.21. The number of nitrogens with one attached hydrogen (secondary N) is 2. The lowest BCUT2D eigenvalue weighted by Gasteiger charge is -2.19. The SMILES string of the molecule is Cc1cccc(C(NC(=O)c2ccc3nc[nH]c3c2)c2nccn2C)c1. The van der Waals surface area contributed by atoms with Crippen molar-refractivity contribution in [3.63, 3.8) is 0 Å². The Morgan fingerprint density at radius 3 is 2.85 bits per heavy atom. The van der Waals surface area contributed by atoms with Crippen LogP contribution >= 0.6 is 0 Å². The van der Waals surface area contributed by atoms with Gasteiger partial charge in [-0.2, -0.15) is 0 Å². The second-order valence-corrected chi connectivity index (χ2v) is 6.35. The first kappa shape index (κ1) is 16.1. The van der Waals surface area contributed by atoms with Gasteiger partial charge in [0.2, 0.25) is 0 Å². The molecule has 0 saturated heterocycles. The Bertz CT molecular complexity index is 1080. The van der Waals surface area contributed by atoms with Crippen LogP contribution in [0.1, 0.15) is 33.4 Å². The predicted molar refractivity (Wildman–Crippen MR) is 99.8 cm³/mol. The fourth-order valence-electron chi connectivity index (χ4n) is 3.09. The number of H-pyrrole nitrogens is 1. The third kappa shape index (κ3) is 2.97. The zero-order valence-corrected chi connectivity index (χ0v) is 14.6. The van der Waals surface area contributed by atoms with Crippen molar-refractivity contribution in [3.05, 3.63) is 83.7 Å². The van der Waals surface area contributed by atoms with E-state index in [0.717, 1.165) is 28.0 Å². The van der Waals surface area contributed by atoms with Crippen molar-refractivity contribution in [2.24, 2.45) is 7.05 Å². The Kier molecular flexibility index (Phi) is 4.01. The molecule has 4 aromatic rings. The summed E-state index contributed by atoms with van der Waals surface area (Å²) in [6.07, 6.45) is 5.23. The van der Waals surface area contributed by atoms with Crippen molar-refractivity contribution in [3.8, 4) is 0 Å². The van der Waals surface area contributed by atoms with E-state index >= 15 is 0 Å². The van der Waals surface area contributed by atoms with Crippen molar-refractivity contribution in [2.75, 3.05) is 0 Å². The number of nitrogens with zero attached hydrogens (tertiary/aromatic N) is 3. The zero-order valence-electron chi connectivity index (χ0n) is 14.6. The molecule has 6 heteroatoms. The molecule has 0 aliphatic heterocycles. The number of imidazole rings is 2. The van der Waals surface area contributed by atoms with Crippen molar-refractivity contribution in [2.45, 2.75) is 13.0 Å². The molecule has 130 valence electrons. The maximum atomic E-state index is 12.9. The summed E-state index contributed by atoms with van der Waals surface area (Å²) in [6.45, 7) is 2.03. The van der Waals surface area contributed by atoms with E-state index in [-0.39, 0.29) is 11.9 Å². The van der Waals surface area contributed by atoms with Gasteiger partial charge in [0.15, 0.2) is 0 Å². The largest absolute Gasteiger partial charge is 0.345 e. The summed E-state index contributed by atoms with van der Waals surface area (Å²) < 4.78 is 1.92. The number of benzene rings is 2. The third-order valence-electron chi connectivity index (χ3n) is 4.45. The van der Waals surface area contributed by atoms with E-state index in [4.69, 9.17) is 0 Å². The van der Waals surface area contributed by atoms with Gasteiger partial charge in [0.25, 0.3) is 5.91 Å². The lowest BCUT2D eigenvalue weighted by molar-refractivity contribution is 0.0941. The molecule has 0 fully saturated rings. The number of amides is 1. The summed E-state index contributed by atoms with van der Waals surface area (Å²) in [4.78, 5) is 24.6. The first-order valence-corrected chi connectivity index (χ1v) is 8.39. The number of aromatic amines is 1. The standard InChI is InChI=1S/C20H19N5O/c1-13-4-3-5-14(10-13)18(19-21-8-9-25(19)2)24-20(26)15-6-7-16-17(11-15)23-12-22-16/h3-12,18H,1-2H3,(H,22,23)(H,24,26). The number of carbonyl (C=O) groups is 1. The number of fused-ring (bicyclic) bond motifs is 1. The van der Waals surface area contributed by atoms with E-state index in [1.54, 1.807) is 18.6 Å². The van der Waals surface area contributed by atoms with Crippen LogP contribution in [0.2, 0.25) is 0 Å². The molecule has 2 aromatic carbocycles. The van der Waals surface area contributed by atoms with Gasteiger partial charge < -0.3 is 14.9 Å². The molecule has 1 amide bonds. The van der Waals surface area contributed by atoms with Crippen LogP contribution in [-0.4, -0.2) is 25.4 Å². The topological polar surface area (TPSA) is 75.6 Å². The summed E-state index contributed by atoms with van der Waals surface area (Å²) in [5.41, 5.74) is 4.38. The highest BCUT2D eigenvalue weighted by atomic mass is 16.1. The first-order chi connectivity index (χ1) is 12.6. The van der Waals surface area contributed by atoms with Gasteiger partial charge in [-0.25, -0.2) is 9.97 Å². The average molecular weight is 345 g/mol. The molecule has 0 spiro atoms. The van der Waals surface area contributed by atoms with Crippen LogP contribution in [0.3, 0.4) is 0 Å². The Hall–Kier alpha value is -3.41. The Morgan fingerprint density at radius 2 is 2.08 bits per heavy atom. The molecule has 0 saturated carbocycles. The second-order valence-electron chi connectivity index (χ2n) is 6.35. The molecule has 26 heavy (non-hydrogen) atoms. The Balaban J connectivity index is 1.70. The third-order valence-corrected chi connectivity index (χ3v) is 4.45. The maximum absolute atomic E-state index is 12.9. The molecule has 0 radical (unpaired) electrons. The van der Waals surface area contributed by atoms with Gasteiger partial charge in [-0.1, -0.05) is 29.8 Å². The van der Waals surface area contributed by atoms with Crippen LogP contribution in [-0.2, 0) is 7.05 Å². The molecule has 2 N–H and O–H groups in total. The minimum absolute atomic E-state index is 0.156. The normalized spacial score (nSPS) is 12.2. The number of carbonyl (C=O) groups excluding carboxylic acids is 1. The van der Waals surface area contributed by atoms with Crippen molar-refractivity contribution in [1.82, 2.24) is 24.8 Å². The summed E-state index contributed by atoms with van der Waals surface area (Å²) >= 11 is 0. The fraction of sp³-hybridized carbons (Fsp3) is 0.150. The molecule has 2 heterocycles. The van der Waals surface area contributed by atoms with E-state index in [2.05, 4.69) is 26.3 Å². The average Bonchev–Trinajstić information content (AvgIpc) is 3.27. The molecular formula is C20H19N5O. The highest BCUT2D eigenvalue weighted by Crippen LogP contribution is 2.22. The molecule has 2 aromatic heterocycles. The van der Waals surface area contributed by atoms with Gasteiger partial charge in [0, 0.05) is 25.0 Å². The fourth-order valence-corrected chi connectivity index (χ4v) is 3.09. The molecule has 6 nitrogen and oxygen atoms in total. The maximum Gasteiger partial charge on any atom is 0.252 e. The Labute approximate surface area is 150 Å². The second kappa shape index (κ2) is 6.48. The van der Waals surface area contributed by atoms with Crippen LogP contribution in [0.15, 0.2) is 61.2 Å². The van der Waals surface area contributed by atoms with Crippen molar-refractivity contribution < 1.29 is 4.79 Å². The Morgan fingerprint density at radius 1 is 1.19 bits per heavy atom. The van der Waals surface area contributed by atoms with Gasteiger partial charge in [-0.05, 0) is 30.7 Å². The molecule has 0 aliphatic carbocycles. The zero-order chi connectivity index (χ0) is 18.1. The van der Waals surface area contributed by atoms with E-state index in [0.29, 0.717) is 5.56 Å². The summed E-state index contributed by atoms with van der Waals surface area (Å²) in [5, 5.41) is 3.12. The molecule has 1 atom stereocenters. The van der Waals surface area contributed by atoms with Crippen LogP contribution in [0.25, 0.3) is 11.0 Å². The molecule has 4 rings (SSSR count). The smallest absolute Gasteiger partial charge is 0.252 e. The van der Waals surface area contributed by atoms with E-state index in [9.17, 15) is 4.79 Å². The predicted octanol–water partition coefficient (Wildman–Crippen LogP) is 3.12.